The van der Waals surface area contributed by atoms with Crippen molar-refractivity contribution in [3.05, 3.63) is 141 Å². The minimum Gasteiger partial charge on any atom is -0.457 e. The van der Waals surface area contributed by atoms with E-state index >= 15 is 0 Å². The summed E-state index contributed by atoms with van der Waals surface area (Å²) in [5.74, 6) is 2.97. The second kappa shape index (κ2) is 14.1. The lowest BCUT2D eigenvalue weighted by Gasteiger charge is -2.41. The highest BCUT2D eigenvalue weighted by molar-refractivity contribution is 6.97. The van der Waals surface area contributed by atoms with Crippen LogP contribution in [0.4, 0.5) is 0 Å². The SMILES string of the molecule is Cc1cc(C)c(B(c2cccc3c2Oc2c([Si]N(C(=NC(C)(C)C)c4ccccc4)C(C)(C)C)cccc2C3(C)C)c2c(C)cc(C)cc2C)c(C)c1. The van der Waals surface area contributed by atoms with Crippen LogP contribution in [0.5, 0.6) is 11.5 Å². The number of aliphatic imine (C=N–C) groups is 1. The smallest absolute Gasteiger partial charge is 0.247 e. The molecule has 5 aromatic rings. The molecule has 1 aliphatic heterocycles. The van der Waals surface area contributed by atoms with Crippen molar-refractivity contribution in [2.45, 2.75) is 113 Å². The fraction of sp³-hybridized carbons (Fsp3) is 0.354. The van der Waals surface area contributed by atoms with Gasteiger partial charge in [0, 0.05) is 32.8 Å². The first-order valence-corrected chi connectivity index (χ1v) is 20.0. The molecule has 0 saturated heterocycles. The predicted molar refractivity (Wildman–Crippen MR) is 231 cm³/mol. The minimum atomic E-state index is -0.285. The first-order valence-electron chi connectivity index (χ1n) is 19.1. The highest BCUT2D eigenvalue weighted by atomic mass is 28.2. The molecule has 3 nitrogen and oxygen atoms in total. The van der Waals surface area contributed by atoms with Crippen LogP contribution in [0.1, 0.15) is 105 Å². The van der Waals surface area contributed by atoms with E-state index in [2.05, 4.69) is 192 Å². The molecule has 0 atom stereocenters. The lowest BCUT2D eigenvalue weighted by molar-refractivity contribution is 0.357. The van der Waals surface area contributed by atoms with Gasteiger partial charge >= 0.3 is 0 Å². The number of aryl methyl sites for hydroxylation is 6. The maximum Gasteiger partial charge on any atom is 0.247 e. The van der Waals surface area contributed by atoms with Crippen molar-refractivity contribution in [2.75, 3.05) is 0 Å². The zero-order valence-corrected chi connectivity index (χ0v) is 35.5. The van der Waals surface area contributed by atoms with Crippen LogP contribution < -0.4 is 26.3 Å². The van der Waals surface area contributed by atoms with Crippen molar-refractivity contribution < 1.29 is 4.74 Å². The quantitative estimate of drug-likeness (QED) is 0.0996. The average molecular weight is 717 g/mol. The standard InChI is InChI=1S/C48H57BN2OSi/c1-30-26-32(3)41(33(4)27-30)49(42-34(5)28-31(2)29-35(42)6)39-24-18-22-37-43(39)52-44-38(48(37,13)14)23-19-25-40(44)53-51(47(10,11)12)45(50-46(7,8)9)36-20-16-15-17-21-36/h15-29H,1-14H3. The third-order valence-corrected chi connectivity index (χ3v) is 12.3. The number of nitrogens with zero attached hydrogens (tertiary/aromatic N) is 2. The van der Waals surface area contributed by atoms with Crippen molar-refractivity contribution in [3.8, 4) is 11.5 Å². The van der Waals surface area contributed by atoms with Crippen molar-refractivity contribution in [2.24, 2.45) is 4.99 Å². The Labute approximate surface area is 322 Å². The summed E-state index contributed by atoms with van der Waals surface area (Å²) in [5, 5.41) is 1.19. The summed E-state index contributed by atoms with van der Waals surface area (Å²) in [6, 6.07) is 33.6. The molecule has 0 unspecified atom stereocenters. The summed E-state index contributed by atoms with van der Waals surface area (Å²) in [7, 11) is 0.295. The van der Waals surface area contributed by atoms with Gasteiger partial charge in [0.25, 0.3) is 0 Å². The molecule has 0 aromatic heterocycles. The van der Waals surface area contributed by atoms with Crippen LogP contribution in [-0.4, -0.2) is 37.9 Å². The largest absolute Gasteiger partial charge is 0.457 e. The summed E-state index contributed by atoms with van der Waals surface area (Å²) >= 11 is 0. The molecule has 0 fully saturated rings. The van der Waals surface area contributed by atoms with Gasteiger partial charge in [-0.1, -0.05) is 149 Å². The first kappa shape index (κ1) is 38.4. The van der Waals surface area contributed by atoms with Crippen LogP contribution in [0.3, 0.4) is 0 Å². The molecular formula is C48H57BN2OSi. The molecule has 0 spiro atoms. The van der Waals surface area contributed by atoms with E-state index in [1.165, 1.54) is 66.1 Å². The van der Waals surface area contributed by atoms with Gasteiger partial charge in [-0.25, -0.2) is 0 Å². The molecule has 0 N–H and O–H groups in total. The Morgan fingerprint density at radius 1 is 0.642 bits per heavy atom. The second-order valence-corrected chi connectivity index (χ2v) is 19.0. The molecule has 6 rings (SSSR count). The Hall–Kier alpha value is -4.35. The second-order valence-electron chi connectivity index (χ2n) is 17.8. The maximum absolute atomic E-state index is 7.45. The van der Waals surface area contributed by atoms with Gasteiger partial charge in [0.1, 0.15) is 17.3 Å². The van der Waals surface area contributed by atoms with Crippen LogP contribution in [0.15, 0.2) is 96.0 Å². The molecule has 0 bridgehead atoms. The topological polar surface area (TPSA) is 24.8 Å². The first-order chi connectivity index (χ1) is 24.8. The monoisotopic (exact) mass is 716 g/mol. The molecule has 1 heterocycles. The summed E-state index contributed by atoms with van der Waals surface area (Å²) in [6.07, 6.45) is 0. The number of benzene rings is 5. The van der Waals surface area contributed by atoms with E-state index in [1.54, 1.807) is 0 Å². The van der Waals surface area contributed by atoms with Gasteiger partial charge in [0.15, 0.2) is 0 Å². The number of hydrogen-bond donors (Lipinski definition) is 0. The van der Waals surface area contributed by atoms with Gasteiger partial charge in [-0.05, 0) is 88.5 Å². The number of amidine groups is 1. The van der Waals surface area contributed by atoms with Crippen molar-refractivity contribution in [1.82, 2.24) is 4.57 Å². The molecule has 0 amide bonds. The Kier molecular flexibility index (Phi) is 10.2. The summed E-state index contributed by atoms with van der Waals surface area (Å²) in [4.78, 5) is 5.38. The van der Waals surface area contributed by atoms with E-state index in [1.807, 2.05) is 0 Å². The average Bonchev–Trinajstić information content (AvgIpc) is 3.04. The zero-order chi connectivity index (χ0) is 38.6. The fourth-order valence-corrected chi connectivity index (χ4v) is 9.74. The Balaban J connectivity index is 1.58. The van der Waals surface area contributed by atoms with Crippen molar-refractivity contribution in [3.63, 3.8) is 0 Å². The van der Waals surface area contributed by atoms with Gasteiger partial charge in [-0.3, -0.25) is 4.99 Å². The molecule has 5 aromatic carbocycles. The van der Waals surface area contributed by atoms with Crippen LogP contribution in [0.25, 0.3) is 0 Å². The van der Waals surface area contributed by atoms with Crippen molar-refractivity contribution >= 4 is 43.8 Å². The van der Waals surface area contributed by atoms with Crippen LogP contribution in [0.2, 0.25) is 0 Å². The Bertz CT molecular complexity index is 2100. The lowest BCUT2D eigenvalue weighted by Crippen LogP contribution is -2.56. The molecule has 0 aliphatic carbocycles. The van der Waals surface area contributed by atoms with Gasteiger partial charge in [0.2, 0.25) is 16.4 Å². The third kappa shape index (κ3) is 7.55. The molecular weight excluding hydrogens is 659 g/mol. The number of ether oxygens (including phenoxy) is 1. The highest BCUT2D eigenvalue weighted by Gasteiger charge is 2.41. The van der Waals surface area contributed by atoms with Gasteiger partial charge in [-0.2, -0.15) is 0 Å². The highest BCUT2D eigenvalue weighted by Crippen LogP contribution is 2.46. The molecule has 5 heteroatoms. The van der Waals surface area contributed by atoms with E-state index in [0.717, 1.165) is 22.9 Å². The fourth-order valence-electron chi connectivity index (χ4n) is 8.42. The molecule has 272 valence electrons. The van der Waals surface area contributed by atoms with E-state index in [-0.39, 0.29) is 23.2 Å². The lowest BCUT2D eigenvalue weighted by atomic mass is 9.33. The van der Waals surface area contributed by atoms with E-state index in [4.69, 9.17) is 9.73 Å². The van der Waals surface area contributed by atoms with E-state index in [0.29, 0.717) is 9.68 Å². The normalized spacial score (nSPS) is 14.0. The number of rotatable bonds is 6. The van der Waals surface area contributed by atoms with E-state index in [9.17, 15) is 0 Å². The zero-order valence-electron chi connectivity index (χ0n) is 34.5. The summed E-state index contributed by atoms with van der Waals surface area (Å²) < 4.78 is 9.93. The van der Waals surface area contributed by atoms with Crippen LogP contribution in [0, 0.1) is 41.5 Å². The van der Waals surface area contributed by atoms with Crippen LogP contribution in [-0.2, 0) is 5.41 Å². The van der Waals surface area contributed by atoms with Gasteiger partial charge < -0.3 is 9.30 Å². The third-order valence-electron chi connectivity index (χ3n) is 10.6. The number of fused-ring (bicyclic) bond motifs is 2. The molecule has 0 saturated carbocycles. The Morgan fingerprint density at radius 2 is 1.13 bits per heavy atom. The number of hydrogen-bond acceptors (Lipinski definition) is 2. The van der Waals surface area contributed by atoms with Gasteiger partial charge in [-0.15, -0.1) is 0 Å². The van der Waals surface area contributed by atoms with Gasteiger partial charge in [0.05, 0.1) is 5.54 Å². The summed E-state index contributed by atoms with van der Waals surface area (Å²) in [6.45, 7) is 31.7. The van der Waals surface area contributed by atoms with E-state index < -0.39 is 0 Å². The van der Waals surface area contributed by atoms with Crippen LogP contribution >= 0.6 is 0 Å². The molecule has 1 aliphatic rings. The Morgan fingerprint density at radius 3 is 1.62 bits per heavy atom. The minimum absolute atomic E-state index is 0.00721. The maximum atomic E-state index is 7.45. The predicted octanol–water partition coefficient (Wildman–Crippen LogP) is 9.08. The molecule has 53 heavy (non-hydrogen) atoms. The molecule has 2 radical (unpaired) electrons. The number of para-hydroxylation sites is 2. The summed E-state index contributed by atoms with van der Waals surface area (Å²) in [5.41, 5.74) is 14.6. The van der Waals surface area contributed by atoms with Crippen molar-refractivity contribution in [1.29, 1.82) is 0 Å².